The third-order valence-corrected chi connectivity index (χ3v) is 15.6. The Kier molecular flexibility index (Phi) is 9.40. The molecule has 70 heavy (non-hydrogen) atoms. The van der Waals surface area contributed by atoms with Gasteiger partial charge in [0.2, 0.25) is 0 Å². The maximum atomic E-state index is 2.77. The molecular weight excluding hydrogens is 844 g/mol. The Morgan fingerprint density at radius 2 is 0.886 bits per heavy atom. The Morgan fingerprint density at radius 3 is 1.53 bits per heavy atom. The number of aromatic nitrogens is 1. The van der Waals surface area contributed by atoms with Gasteiger partial charge in [-0.25, -0.2) is 0 Å². The van der Waals surface area contributed by atoms with Crippen molar-refractivity contribution in [3.05, 3.63) is 220 Å². The van der Waals surface area contributed by atoms with Crippen molar-refractivity contribution in [1.82, 2.24) is 4.48 Å². The first-order valence-corrected chi connectivity index (χ1v) is 24.9. The monoisotopic (exact) mass is 898 g/mol. The molecule has 2 aliphatic heterocycles. The maximum absolute atomic E-state index is 2.77. The molecule has 1 aromatic heterocycles. The lowest BCUT2D eigenvalue weighted by Gasteiger charge is -2.41. The van der Waals surface area contributed by atoms with Gasteiger partial charge < -0.3 is 9.38 Å². The maximum Gasteiger partial charge on any atom is 0.333 e. The zero-order valence-corrected chi connectivity index (χ0v) is 41.6. The van der Waals surface area contributed by atoms with Crippen LogP contribution in [0.25, 0.3) is 88.2 Å². The molecule has 0 amide bonds. The minimum absolute atomic E-state index is 0.106. The van der Waals surface area contributed by atoms with E-state index in [2.05, 4.69) is 242 Å². The molecule has 0 bridgehead atoms. The number of benzene rings is 10. The van der Waals surface area contributed by atoms with Crippen molar-refractivity contribution < 1.29 is 0 Å². The van der Waals surface area contributed by atoms with Crippen LogP contribution < -0.4 is 15.8 Å². The van der Waals surface area contributed by atoms with Gasteiger partial charge in [-0.3, -0.25) is 0 Å². The SMILES string of the molecule is Cc1cc(C)cc(-c2ccc(N3c4ccc(-c5cc(C)cc(C)c5)cc4B4c5c(cc(C)cc53)-c3cc(-c5c(C)cccc5C)cc5c6cc(-c7c(C)cccc7C)c7ccccc7c6n4c35)cc2)c1. The van der Waals surface area contributed by atoms with Gasteiger partial charge in [0, 0.05) is 49.8 Å². The van der Waals surface area contributed by atoms with Crippen LogP contribution >= 0.6 is 0 Å². The number of fused-ring (bicyclic) bond motifs is 9. The first kappa shape index (κ1) is 42.2. The fourth-order valence-electron chi connectivity index (χ4n) is 12.9. The number of nitrogens with zero attached hydrogens (tertiary/aromatic N) is 2. The van der Waals surface area contributed by atoms with Gasteiger partial charge in [0.25, 0.3) is 0 Å². The second-order valence-electron chi connectivity index (χ2n) is 20.7. The molecule has 0 fully saturated rings. The second-order valence-corrected chi connectivity index (χ2v) is 20.7. The fraction of sp³-hybridized carbons (Fsp3) is 0.134. The molecule has 0 aliphatic carbocycles. The van der Waals surface area contributed by atoms with Crippen molar-refractivity contribution in [2.75, 3.05) is 4.90 Å². The standard InChI is InChI=1S/C67H55BN2/c1-38-26-39(2)29-49(28-38)47-20-23-52(24-21-47)69-61-25-22-48(50-30-40(3)27-41(4)31-50)36-60(61)68-65-56(32-42(5)33-62(65)69)57-34-51(63-43(6)14-12-15-44(63)7)35-58-59-37-55(64-45(8)16-13-17-46(64)9)53-18-10-11-19-54(53)66(59)70(68)67(57)58/h10-37H,1-9H3. The van der Waals surface area contributed by atoms with Crippen LogP contribution in [0.4, 0.5) is 17.1 Å². The molecule has 0 unspecified atom stereocenters. The molecular formula is C67H55BN2. The third-order valence-electron chi connectivity index (χ3n) is 15.6. The summed E-state index contributed by atoms with van der Waals surface area (Å²) in [5.74, 6) is 0. The highest BCUT2D eigenvalue weighted by Crippen LogP contribution is 2.50. The van der Waals surface area contributed by atoms with E-state index in [1.54, 1.807) is 0 Å². The van der Waals surface area contributed by atoms with Crippen LogP contribution in [0.2, 0.25) is 0 Å². The summed E-state index contributed by atoms with van der Waals surface area (Å²) >= 11 is 0. The van der Waals surface area contributed by atoms with Gasteiger partial charge >= 0.3 is 6.85 Å². The Hall–Kier alpha value is -7.88. The van der Waals surface area contributed by atoms with Gasteiger partial charge in [-0.15, -0.1) is 0 Å². The van der Waals surface area contributed by atoms with Crippen molar-refractivity contribution in [2.24, 2.45) is 0 Å². The van der Waals surface area contributed by atoms with Crippen LogP contribution in [-0.4, -0.2) is 11.3 Å². The quantitative estimate of drug-likeness (QED) is 0.156. The Balaban J connectivity index is 1.18. The van der Waals surface area contributed by atoms with E-state index < -0.39 is 0 Å². The van der Waals surface area contributed by atoms with Crippen molar-refractivity contribution in [3.63, 3.8) is 0 Å². The predicted octanol–water partition coefficient (Wildman–Crippen LogP) is 16.8. The highest BCUT2D eigenvalue weighted by atomic mass is 15.2. The summed E-state index contributed by atoms with van der Waals surface area (Å²) in [4.78, 5) is 2.56. The molecule has 0 saturated heterocycles. The van der Waals surface area contributed by atoms with Gasteiger partial charge in [0.1, 0.15) is 0 Å². The van der Waals surface area contributed by atoms with Crippen molar-refractivity contribution in [2.45, 2.75) is 62.3 Å². The normalized spacial score (nSPS) is 12.6. The highest BCUT2D eigenvalue weighted by Gasteiger charge is 2.43. The van der Waals surface area contributed by atoms with Gasteiger partial charge in [-0.1, -0.05) is 150 Å². The summed E-state index contributed by atoms with van der Waals surface area (Å²) < 4.78 is 2.77. The predicted molar refractivity (Wildman–Crippen MR) is 302 cm³/mol. The second kappa shape index (κ2) is 15.6. The van der Waals surface area contributed by atoms with Gasteiger partial charge in [-0.05, 0) is 199 Å². The summed E-state index contributed by atoms with van der Waals surface area (Å²) in [5.41, 5.74) is 33.1. The van der Waals surface area contributed by atoms with Crippen LogP contribution in [0, 0.1) is 62.3 Å². The Labute approximate surface area is 412 Å². The molecule has 3 heteroatoms. The topological polar surface area (TPSA) is 8.17 Å². The smallest absolute Gasteiger partial charge is 0.333 e. The van der Waals surface area contributed by atoms with Crippen LogP contribution in [0.15, 0.2) is 170 Å². The summed E-state index contributed by atoms with van der Waals surface area (Å²) in [5, 5.41) is 5.15. The van der Waals surface area contributed by atoms with Crippen LogP contribution in [0.1, 0.15) is 50.1 Å². The van der Waals surface area contributed by atoms with Crippen molar-refractivity contribution in [3.8, 4) is 55.6 Å². The van der Waals surface area contributed by atoms with Crippen LogP contribution in [0.5, 0.6) is 0 Å². The molecule has 10 aromatic carbocycles. The lowest BCUT2D eigenvalue weighted by Crippen LogP contribution is -2.56. The lowest BCUT2D eigenvalue weighted by atomic mass is 9.44. The first-order valence-electron chi connectivity index (χ1n) is 24.9. The fourth-order valence-corrected chi connectivity index (χ4v) is 12.9. The third kappa shape index (κ3) is 6.34. The molecule has 0 radical (unpaired) electrons. The zero-order chi connectivity index (χ0) is 47.9. The van der Waals surface area contributed by atoms with E-state index in [9.17, 15) is 0 Å². The average Bonchev–Trinajstić information content (AvgIpc) is 3.66. The van der Waals surface area contributed by atoms with Crippen molar-refractivity contribution >= 4 is 67.4 Å². The lowest BCUT2D eigenvalue weighted by molar-refractivity contribution is 1.25. The summed E-state index contributed by atoms with van der Waals surface area (Å²) in [6.07, 6.45) is 0. The summed E-state index contributed by atoms with van der Waals surface area (Å²) in [6.45, 7) is 20.1. The molecule has 336 valence electrons. The molecule has 0 atom stereocenters. The van der Waals surface area contributed by atoms with Crippen LogP contribution in [0.3, 0.4) is 0 Å². The van der Waals surface area contributed by atoms with Crippen molar-refractivity contribution in [1.29, 1.82) is 0 Å². The number of aryl methyl sites for hydroxylation is 9. The van der Waals surface area contributed by atoms with E-state index in [1.807, 2.05) is 0 Å². The molecule has 2 aliphatic rings. The van der Waals surface area contributed by atoms with E-state index in [1.165, 1.54) is 161 Å². The minimum Gasteiger partial charge on any atom is -0.375 e. The van der Waals surface area contributed by atoms with E-state index in [0.29, 0.717) is 0 Å². The molecule has 11 aromatic rings. The summed E-state index contributed by atoms with van der Waals surface area (Å²) in [6, 6.07) is 65.6. The zero-order valence-electron chi connectivity index (χ0n) is 41.6. The van der Waals surface area contributed by atoms with Gasteiger partial charge in [0.15, 0.2) is 0 Å². The first-order chi connectivity index (χ1) is 33.9. The number of hydrogen-bond acceptors (Lipinski definition) is 1. The van der Waals surface area contributed by atoms with E-state index in [-0.39, 0.29) is 6.85 Å². The molecule has 3 heterocycles. The summed E-state index contributed by atoms with van der Waals surface area (Å²) in [7, 11) is 0. The number of anilines is 3. The Morgan fingerprint density at radius 1 is 0.329 bits per heavy atom. The highest BCUT2D eigenvalue weighted by molar-refractivity contribution is 6.90. The Bertz CT molecular complexity index is 3970. The van der Waals surface area contributed by atoms with E-state index in [4.69, 9.17) is 0 Å². The van der Waals surface area contributed by atoms with Crippen LogP contribution in [-0.2, 0) is 0 Å². The largest absolute Gasteiger partial charge is 0.375 e. The van der Waals surface area contributed by atoms with E-state index in [0.717, 1.165) is 5.69 Å². The number of hydrogen-bond donors (Lipinski definition) is 0. The van der Waals surface area contributed by atoms with Gasteiger partial charge in [0.05, 0.1) is 0 Å². The average molecular weight is 899 g/mol. The molecule has 2 nitrogen and oxygen atoms in total. The molecule has 0 spiro atoms. The minimum atomic E-state index is -0.106. The van der Waals surface area contributed by atoms with Gasteiger partial charge in [-0.2, -0.15) is 0 Å². The number of rotatable bonds is 5. The molecule has 0 N–H and O–H groups in total. The van der Waals surface area contributed by atoms with E-state index >= 15 is 0 Å². The molecule has 13 rings (SSSR count). The molecule has 0 saturated carbocycles.